The lowest BCUT2D eigenvalue weighted by Crippen LogP contribution is -2.21. The van der Waals surface area contributed by atoms with Gasteiger partial charge in [-0.1, -0.05) is 50.7 Å². The van der Waals surface area contributed by atoms with Crippen LogP contribution in [0.4, 0.5) is 0 Å². The highest BCUT2D eigenvalue weighted by atomic mass is 16.5. The Hall–Kier alpha value is -0.740. The Morgan fingerprint density at radius 1 is 1.31 bits per heavy atom. The molecular weight excluding hydrogens is 196 g/mol. The average molecular weight is 220 g/mol. The van der Waals surface area contributed by atoms with Crippen molar-refractivity contribution in [2.45, 2.75) is 70.5 Å². The van der Waals surface area contributed by atoms with E-state index in [2.05, 4.69) is 25.0 Å². The van der Waals surface area contributed by atoms with Crippen molar-refractivity contribution in [1.82, 2.24) is 0 Å². The molecule has 0 aromatic rings. The van der Waals surface area contributed by atoms with E-state index in [9.17, 15) is 0 Å². The van der Waals surface area contributed by atoms with Crippen molar-refractivity contribution < 1.29 is 4.74 Å². The minimum atomic E-state index is 0.0288. The van der Waals surface area contributed by atoms with Crippen molar-refractivity contribution in [3.63, 3.8) is 0 Å². The van der Waals surface area contributed by atoms with Crippen molar-refractivity contribution in [2.24, 2.45) is 0 Å². The van der Waals surface area contributed by atoms with Gasteiger partial charge in [0.2, 0.25) is 0 Å². The first-order valence-corrected chi connectivity index (χ1v) is 6.63. The van der Waals surface area contributed by atoms with Crippen molar-refractivity contribution in [1.29, 1.82) is 0 Å². The van der Waals surface area contributed by atoms with Gasteiger partial charge in [0, 0.05) is 0 Å². The van der Waals surface area contributed by atoms with Crippen LogP contribution in [0.1, 0.15) is 58.3 Å². The quantitative estimate of drug-likeness (QED) is 0.385. The maximum atomic E-state index is 5.93. The lowest BCUT2D eigenvalue weighted by Gasteiger charge is -2.22. The van der Waals surface area contributed by atoms with E-state index in [0.717, 1.165) is 25.7 Å². The van der Waals surface area contributed by atoms with Crippen LogP contribution in [0.3, 0.4) is 0 Å². The highest BCUT2D eigenvalue weighted by molar-refractivity contribution is 4.99. The van der Waals surface area contributed by atoms with Gasteiger partial charge in [-0.2, -0.15) is 0 Å². The molecule has 1 nitrogen and oxygen atoms in total. The molecule has 16 heavy (non-hydrogen) atoms. The van der Waals surface area contributed by atoms with Crippen LogP contribution >= 0.6 is 0 Å². The summed E-state index contributed by atoms with van der Waals surface area (Å²) in [6.45, 7) is 2.24. The van der Waals surface area contributed by atoms with E-state index in [1.807, 2.05) is 0 Å². The normalized spacial score (nSPS) is 27.8. The van der Waals surface area contributed by atoms with Crippen LogP contribution in [-0.2, 0) is 4.74 Å². The largest absolute Gasteiger partial charge is 0.362 e. The van der Waals surface area contributed by atoms with Gasteiger partial charge >= 0.3 is 0 Å². The van der Waals surface area contributed by atoms with Gasteiger partial charge in [0.05, 0.1) is 6.10 Å². The van der Waals surface area contributed by atoms with E-state index < -0.39 is 0 Å². The molecule has 90 valence electrons. The maximum Gasteiger partial charge on any atom is 0.118 e. The molecule has 2 atom stereocenters. The molecule has 0 bridgehead atoms. The van der Waals surface area contributed by atoms with Gasteiger partial charge < -0.3 is 4.74 Å². The van der Waals surface area contributed by atoms with Gasteiger partial charge in [0.25, 0.3) is 0 Å². The minimum Gasteiger partial charge on any atom is -0.362 e. The molecule has 0 radical (unpaired) electrons. The molecule has 1 heterocycles. The van der Waals surface area contributed by atoms with E-state index in [1.54, 1.807) is 0 Å². The van der Waals surface area contributed by atoms with E-state index >= 15 is 0 Å². The molecule has 0 amide bonds. The highest BCUT2D eigenvalue weighted by Gasteiger charge is 2.14. The number of terminal acetylenes is 1. The molecule has 1 aliphatic heterocycles. The summed E-state index contributed by atoms with van der Waals surface area (Å²) in [5, 5.41) is 0. The standard InChI is InChI=1S/C15H24O/c1-3-5-6-8-12-15-13-10-7-9-11-14(4-2)16-15/h2,7,10,14-15H,3,5-6,8-9,11-13H2,1H3/b10-7-/t14-,15+/m1/s1. The minimum absolute atomic E-state index is 0.0288. The lowest BCUT2D eigenvalue weighted by atomic mass is 10.0. The molecule has 0 aromatic carbocycles. The molecule has 0 saturated carbocycles. The molecule has 0 spiro atoms. The van der Waals surface area contributed by atoms with Crippen molar-refractivity contribution in [2.75, 3.05) is 0 Å². The Balaban J connectivity index is 2.29. The summed E-state index contributed by atoms with van der Waals surface area (Å²) in [4.78, 5) is 0. The Labute approximate surface area is 100 Å². The van der Waals surface area contributed by atoms with Crippen molar-refractivity contribution >= 4 is 0 Å². The smallest absolute Gasteiger partial charge is 0.118 e. The second-order valence-electron chi connectivity index (χ2n) is 4.55. The summed E-state index contributed by atoms with van der Waals surface area (Å²) in [5.41, 5.74) is 0. The Morgan fingerprint density at radius 3 is 2.94 bits per heavy atom. The van der Waals surface area contributed by atoms with Gasteiger partial charge in [0.15, 0.2) is 0 Å². The van der Waals surface area contributed by atoms with Crippen LogP contribution in [-0.4, -0.2) is 12.2 Å². The summed E-state index contributed by atoms with van der Waals surface area (Å²) in [6, 6.07) is 0. The first-order chi connectivity index (χ1) is 7.86. The van der Waals surface area contributed by atoms with E-state index in [1.165, 1.54) is 25.7 Å². The van der Waals surface area contributed by atoms with Crippen LogP contribution in [0.2, 0.25) is 0 Å². The second-order valence-corrected chi connectivity index (χ2v) is 4.55. The molecule has 1 aliphatic rings. The summed E-state index contributed by atoms with van der Waals surface area (Å²) in [7, 11) is 0. The average Bonchev–Trinajstić information content (AvgIpc) is 2.27. The Bertz CT molecular complexity index is 236. The van der Waals surface area contributed by atoms with Crippen LogP contribution in [0.5, 0.6) is 0 Å². The molecule has 1 heteroatoms. The summed E-state index contributed by atoms with van der Waals surface area (Å²) < 4.78 is 5.93. The van der Waals surface area contributed by atoms with Crippen LogP contribution in [0.15, 0.2) is 12.2 Å². The zero-order valence-corrected chi connectivity index (χ0v) is 10.5. The van der Waals surface area contributed by atoms with Gasteiger partial charge in [-0.25, -0.2) is 0 Å². The second kappa shape index (κ2) is 8.42. The number of unbranched alkanes of at least 4 members (excludes halogenated alkanes) is 3. The first-order valence-electron chi connectivity index (χ1n) is 6.63. The third-order valence-corrected chi connectivity index (χ3v) is 3.08. The fourth-order valence-corrected chi connectivity index (χ4v) is 2.08. The molecule has 1 rings (SSSR count). The van der Waals surface area contributed by atoms with Crippen LogP contribution in [0, 0.1) is 12.3 Å². The molecule has 0 fully saturated rings. The number of ether oxygens (including phenoxy) is 1. The predicted octanol–water partition coefficient (Wildman–Crippen LogP) is 4.08. The summed E-state index contributed by atoms with van der Waals surface area (Å²) in [5.74, 6) is 2.75. The summed E-state index contributed by atoms with van der Waals surface area (Å²) >= 11 is 0. The number of rotatable bonds is 5. The van der Waals surface area contributed by atoms with Gasteiger partial charge in [-0.3, -0.25) is 0 Å². The molecule has 0 unspecified atom stereocenters. The number of hydrogen-bond acceptors (Lipinski definition) is 1. The van der Waals surface area contributed by atoms with Gasteiger partial charge in [0.1, 0.15) is 6.10 Å². The highest BCUT2D eigenvalue weighted by Crippen LogP contribution is 2.18. The van der Waals surface area contributed by atoms with Gasteiger partial charge in [-0.15, -0.1) is 6.42 Å². The zero-order valence-electron chi connectivity index (χ0n) is 10.5. The number of allylic oxidation sites excluding steroid dienone is 1. The van der Waals surface area contributed by atoms with Crippen molar-refractivity contribution in [3.05, 3.63) is 12.2 Å². The first kappa shape index (κ1) is 13.3. The van der Waals surface area contributed by atoms with E-state index in [4.69, 9.17) is 11.2 Å². The fourth-order valence-electron chi connectivity index (χ4n) is 2.08. The maximum absolute atomic E-state index is 5.93. The van der Waals surface area contributed by atoms with Crippen molar-refractivity contribution in [3.8, 4) is 12.3 Å². The summed E-state index contributed by atoms with van der Waals surface area (Å²) in [6.07, 6.45) is 19.7. The van der Waals surface area contributed by atoms with E-state index in [0.29, 0.717) is 6.10 Å². The number of hydrogen-bond donors (Lipinski definition) is 0. The van der Waals surface area contributed by atoms with Gasteiger partial charge in [-0.05, 0) is 25.7 Å². The third-order valence-electron chi connectivity index (χ3n) is 3.08. The third kappa shape index (κ3) is 5.37. The van der Waals surface area contributed by atoms with E-state index in [-0.39, 0.29) is 6.10 Å². The van der Waals surface area contributed by atoms with Crippen LogP contribution in [0.25, 0.3) is 0 Å². The molecule has 0 aliphatic carbocycles. The molecular formula is C15H24O. The monoisotopic (exact) mass is 220 g/mol. The lowest BCUT2D eigenvalue weighted by molar-refractivity contribution is 0.00868. The molecule has 0 N–H and O–H groups in total. The zero-order chi connectivity index (χ0) is 11.6. The van der Waals surface area contributed by atoms with Crippen LogP contribution < -0.4 is 0 Å². The molecule has 0 saturated heterocycles. The SMILES string of the molecule is C#C[C@@H]1CC/C=C\C[C@H](CCCCCC)O1. The molecule has 0 aromatic heterocycles. The Morgan fingerprint density at radius 2 is 2.19 bits per heavy atom. The predicted molar refractivity (Wildman–Crippen MR) is 69.2 cm³/mol. The topological polar surface area (TPSA) is 9.23 Å². The fraction of sp³-hybridized carbons (Fsp3) is 0.733. The Kier molecular flexibility index (Phi) is 7.01.